The standard InChI is InChI=1S/C12H16N4O3/c13-10-1-2-11(15(3-5-17)4-6-18)12-9(10)7-14-8-16(12)19/h1-2,7-8,17-18H,3-6,13H2. The van der Waals surface area contributed by atoms with Crippen molar-refractivity contribution >= 4 is 22.3 Å². The smallest absolute Gasteiger partial charge is 0.289 e. The van der Waals surface area contributed by atoms with Crippen molar-refractivity contribution in [3.8, 4) is 0 Å². The number of aliphatic hydroxyl groups excluding tert-OH is 2. The van der Waals surface area contributed by atoms with Crippen LogP contribution in [0.4, 0.5) is 11.4 Å². The number of anilines is 2. The number of aromatic nitrogens is 2. The fraction of sp³-hybridized carbons (Fsp3) is 0.333. The average Bonchev–Trinajstić information content (AvgIpc) is 2.40. The molecule has 0 radical (unpaired) electrons. The van der Waals surface area contributed by atoms with Crippen molar-refractivity contribution in [1.29, 1.82) is 0 Å². The summed E-state index contributed by atoms with van der Waals surface area (Å²) in [6.07, 6.45) is 2.68. The Morgan fingerprint density at radius 3 is 2.58 bits per heavy atom. The molecule has 0 aliphatic rings. The molecule has 4 N–H and O–H groups in total. The number of nitrogen functional groups attached to an aromatic ring is 1. The normalized spacial score (nSPS) is 10.8. The third kappa shape index (κ3) is 2.51. The second-order valence-electron chi connectivity index (χ2n) is 4.09. The lowest BCUT2D eigenvalue weighted by Crippen LogP contribution is -2.34. The lowest BCUT2D eigenvalue weighted by Gasteiger charge is -2.24. The fourth-order valence-electron chi connectivity index (χ4n) is 2.05. The van der Waals surface area contributed by atoms with Crippen LogP contribution < -0.4 is 15.4 Å². The van der Waals surface area contributed by atoms with Crippen LogP contribution in [0.25, 0.3) is 10.9 Å². The number of nitrogens with two attached hydrogens (primary N) is 1. The molecule has 1 heterocycles. The van der Waals surface area contributed by atoms with Crippen LogP contribution in [0.5, 0.6) is 0 Å². The molecular formula is C12H16N4O3. The van der Waals surface area contributed by atoms with Gasteiger partial charge in [-0.25, -0.2) is 4.73 Å². The van der Waals surface area contributed by atoms with Crippen LogP contribution in [-0.2, 0) is 0 Å². The maximum atomic E-state index is 11.9. The number of nitrogens with zero attached hydrogens (tertiary/aromatic N) is 3. The number of aliphatic hydroxyl groups is 2. The lowest BCUT2D eigenvalue weighted by molar-refractivity contribution is -0.580. The van der Waals surface area contributed by atoms with Crippen LogP contribution in [0, 0.1) is 5.21 Å². The Morgan fingerprint density at radius 1 is 1.26 bits per heavy atom. The largest absolute Gasteiger partial charge is 0.710 e. The van der Waals surface area contributed by atoms with Crippen molar-refractivity contribution < 1.29 is 14.9 Å². The summed E-state index contributed by atoms with van der Waals surface area (Å²) in [5, 5.41) is 30.6. The van der Waals surface area contributed by atoms with E-state index in [9.17, 15) is 5.21 Å². The Labute approximate surface area is 110 Å². The van der Waals surface area contributed by atoms with E-state index in [4.69, 9.17) is 15.9 Å². The number of hydrogen-bond donors (Lipinski definition) is 3. The van der Waals surface area contributed by atoms with E-state index < -0.39 is 0 Å². The molecule has 1 aromatic heterocycles. The molecule has 102 valence electrons. The molecule has 19 heavy (non-hydrogen) atoms. The third-order valence-corrected chi connectivity index (χ3v) is 2.91. The summed E-state index contributed by atoms with van der Waals surface area (Å²) in [6.45, 7) is 0.495. The molecule has 0 spiro atoms. The van der Waals surface area contributed by atoms with Gasteiger partial charge in [0.15, 0.2) is 11.7 Å². The molecule has 0 amide bonds. The van der Waals surface area contributed by atoms with Gasteiger partial charge < -0.3 is 26.1 Å². The zero-order valence-electron chi connectivity index (χ0n) is 10.4. The zero-order chi connectivity index (χ0) is 13.8. The molecular weight excluding hydrogens is 248 g/mol. The van der Waals surface area contributed by atoms with Gasteiger partial charge in [-0.2, -0.15) is 0 Å². The molecule has 0 saturated carbocycles. The highest BCUT2D eigenvalue weighted by Gasteiger charge is 2.16. The summed E-state index contributed by atoms with van der Waals surface area (Å²) in [6, 6.07) is 3.39. The van der Waals surface area contributed by atoms with E-state index in [2.05, 4.69) is 4.98 Å². The molecule has 0 fully saturated rings. The van der Waals surface area contributed by atoms with E-state index in [1.807, 2.05) is 0 Å². The quantitative estimate of drug-likeness (QED) is 0.372. The van der Waals surface area contributed by atoms with Gasteiger partial charge in [-0.15, -0.1) is 0 Å². The highest BCUT2D eigenvalue weighted by Crippen LogP contribution is 2.27. The van der Waals surface area contributed by atoms with E-state index in [0.717, 1.165) is 6.33 Å². The van der Waals surface area contributed by atoms with Crippen molar-refractivity contribution in [2.24, 2.45) is 0 Å². The van der Waals surface area contributed by atoms with Crippen molar-refractivity contribution in [1.82, 2.24) is 4.98 Å². The van der Waals surface area contributed by atoms with Gasteiger partial charge >= 0.3 is 0 Å². The molecule has 7 nitrogen and oxygen atoms in total. The molecule has 1 aromatic carbocycles. The maximum Gasteiger partial charge on any atom is 0.289 e. The van der Waals surface area contributed by atoms with E-state index in [0.29, 0.717) is 40.1 Å². The number of hydrogen-bond acceptors (Lipinski definition) is 6. The van der Waals surface area contributed by atoms with Crippen molar-refractivity contribution in [2.45, 2.75) is 0 Å². The van der Waals surface area contributed by atoms with E-state index in [1.54, 1.807) is 17.0 Å². The van der Waals surface area contributed by atoms with Gasteiger partial charge in [-0.3, -0.25) is 0 Å². The summed E-state index contributed by atoms with van der Waals surface area (Å²) in [5.74, 6) is 0. The van der Waals surface area contributed by atoms with E-state index >= 15 is 0 Å². The van der Waals surface area contributed by atoms with Crippen LogP contribution in [0.2, 0.25) is 0 Å². The first-order valence-electron chi connectivity index (χ1n) is 5.91. The fourth-order valence-corrected chi connectivity index (χ4v) is 2.05. The van der Waals surface area contributed by atoms with Gasteiger partial charge in [-0.1, -0.05) is 4.98 Å². The minimum Gasteiger partial charge on any atom is -0.710 e. The van der Waals surface area contributed by atoms with Crippen LogP contribution in [0.3, 0.4) is 0 Å². The molecule has 0 bridgehead atoms. The summed E-state index contributed by atoms with van der Waals surface area (Å²) in [7, 11) is 0. The van der Waals surface area contributed by atoms with Crippen LogP contribution in [-0.4, -0.2) is 41.5 Å². The van der Waals surface area contributed by atoms with E-state index in [1.165, 1.54) is 6.20 Å². The SMILES string of the molecule is Nc1ccc(N(CCO)CCO)c2c1cnc[n+]2[O-]. The number of rotatable bonds is 5. The van der Waals surface area contributed by atoms with Gasteiger partial charge in [-0.05, 0) is 12.1 Å². The van der Waals surface area contributed by atoms with Crippen LogP contribution in [0.15, 0.2) is 24.7 Å². The molecule has 2 aromatic rings. The van der Waals surface area contributed by atoms with Gasteiger partial charge in [0.1, 0.15) is 0 Å². The minimum atomic E-state index is -0.0736. The van der Waals surface area contributed by atoms with Gasteiger partial charge in [0.05, 0.1) is 24.3 Å². The monoisotopic (exact) mass is 264 g/mol. The van der Waals surface area contributed by atoms with Crippen molar-refractivity contribution in [3.05, 3.63) is 29.9 Å². The summed E-state index contributed by atoms with van der Waals surface area (Å²) >= 11 is 0. The Morgan fingerprint density at radius 2 is 1.95 bits per heavy atom. The Hall–Kier alpha value is -2.12. The third-order valence-electron chi connectivity index (χ3n) is 2.91. The summed E-state index contributed by atoms with van der Waals surface area (Å²) in [5.41, 5.74) is 7.30. The highest BCUT2D eigenvalue weighted by molar-refractivity contribution is 5.96. The Bertz CT molecular complexity index is 570. The Balaban J connectivity index is 2.62. The number of fused-ring (bicyclic) bond motifs is 1. The molecule has 0 saturated heterocycles. The molecule has 7 heteroatoms. The first-order valence-corrected chi connectivity index (χ1v) is 5.91. The van der Waals surface area contributed by atoms with Gasteiger partial charge in [0.25, 0.3) is 6.33 Å². The molecule has 0 aliphatic heterocycles. The average molecular weight is 264 g/mol. The van der Waals surface area contributed by atoms with Gasteiger partial charge in [0.2, 0.25) is 0 Å². The topological polar surface area (TPSA) is 110 Å². The minimum absolute atomic E-state index is 0.0736. The predicted octanol–water partition coefficient (Wildman–Crippen LogP) is -0.759. The highest BCUT2D eigenvalue weighted by atomic mass is 16.5. The lowest BCUT2D eigenvalue weighted by atomic mass is 10.1. The molecule has 0 unspecified atom stereocenters. The first-order chi connectivity index (χ1) is 9.19. The van der Waals surface area contributed by atoms with Crippen LogP contribution in [0.1, 0.15) is 0 Å². The van der Waals surface area contributed by atoms with Crippen molar-refractivity contribution in [3.63, 3.8) is 0 Å². The number of benzene rings is 1. The molecule has 2 rings (SSSR count). The second kappa shape index (κ2) is 5.68. The summed E-state index contributed by atoms with van der Waals surface area (Å²) < 4.78 is 0.642. The van der Waals surface area contributed by atoms with Crippen LogP contribution >= 0.6 is 0 Å². The predicted molar refractivity (Wildman–Crippen MR) is 71.5 cm³/mol. The van der Waals surface area contributed by atoms with Crippen molar-refractivity contribution in [2.75, 3.05) is 36.9 Å². The maximum absolute atomic E-state index is 11.9. The first kappa shape index (κ1) is 13.3. The second-order valence-corrected chi connectivity index (χ2v) is 4.09. The molecule has 0 aliphatic carbocycles. The van der Waals surface area contributed by atoms with Gasteiger partial charge in [0, 0.05) is 18.8 Å². The summed E-state index contributed by atoms with van der Waals surface area (Å²) in [4.78, 5) is 5.55. The zero-order valence-corrected chi connectivity index (χ0v) is 10.4. The van der Waals surface area contributed by atoms with E-state index in [-0.39, 0.29) is 13.2 Å². The molecule has 0 atom stereocenters. The Kier molecular flexibility index (Phi) is 3.98.